The van der Waals surface area contributed by atoms with Crippen molar-refractivity contribution in [1.82, 2.24) is 9.97 Å². The number of nitrogens with zero attached hydrogens (tertiary/aromatic N) is 2. The number of carbonyl (C=O) groups is 2. The zero-order valence-corrected chi connectivity index (χ0v) is 20.2. The Morgan fingerprint density at radius 2 is 1.54 bits per heavy atom. The van der Waals surface area contributed by atoms with Crippen LogP contribution >= 0.6 is 0 Å². The van der Waals surface area contributed by atoms with E-state index in [1.54, 1.807) is 52.0 Å². The second kappa shape index (κ2) is 10.6. The van der Waals surface area contributed by atoms with E-state index >= 15 is 0 Å². The number of halogens is 2. The number of hydrogen-bond donors (Lipinski definition) is 1. The Morgan fingerprint density at radius 3 is 2.11 bits per heavy atom. The number of nitrogens with one attached hydrogen (secondary N) is 1. The molecule has 184 valence electrons. The fourth-order valence-electron chi connectivity index (χ4n) is 3.47. The lowest BCUT2D eigenvalue weighted by molar-refractivity contribution is -0.148. The van der Waals surface area contributed by atoms with Crippen molar-refractivity contribution in [1.29, 1.82) is 0 Å². The highest BCUT2D eigenvalue weighted by Gasteiger charge is 2.31. The Labute approximate surface area is 202 Å². The number of hydrogen-bond acceptors (Lipinski definition) is 7. The molecule has 3 rings (SSSR count). The summed E-state index contributed by atoms with van der Waals surface area (Å²) in [5, 5.41) is 3.02. The summed E-state index contributed by atoms with van der Waals surface area (Å²) in [4.78, 5) is 33.4. The van der Waals surface area contributed by atoms with Crippen LogP contribution in [0.3, 0.4) is 0 Å². The first-order valence-corrected chi connectivity index (χ1v) is 11.1. The van der Waals surface area contributed by atoms with E-state index in [1.165, 1.54) is 13.0 Å². The van der Waals surface area contributed by atoms with Gasteiger partial charge in [-0.25, -0.2) is 23.5 Å². The lowest BCUT2D eigenvalue weighted by Crippen LogP contribution is -2.31. The Hall–Kier alpha value is -3.88. The van der Waals surface area contributed by atoms with Crippen molar-refractivity contribution in [3.8, 4) is 11.4 Å². The van der Waals surface area contributed by atoms with Crippen LogP contribution in [0.1, 0.15) is 49.3 Å². The first kappa shape index (κ1) is 25.7. The molecule has 7 nitrogen and oxygen atoms in total. The molecule has 0 aliphatic carbocycles. The van der Waals surface area contributed by atoms with Crippen molar-refractivity contribution in [2.45, 2.75) is 40.0 Å². The normalized spacial score (nSPS) is 11.2. The van der Waals surface area contributed by atoms with Gasteiger partial charge in [-0.05, 0) is 64.4 Å². The summed E-state index contributed by atoms with van der Waals surface area (Å²) in [5.41, 5.74) is 0.214. The molecule has 0 bridgehead atoms. The maximum absolute atomic E-state index is 14.4. The fraction of sp³-hybridized carbons (Fsp3) is 0.308. The van der Waals surface area contributed by atoms with Gasteiger partial charge < -0.3 is 14.8 Å². The minimum atomic E-state index is -0.869. The van der Waals surface area contributed by atoms with Crippen LogP contribution in [0.15, 0.2) is 42.5 Å². The predicted molar refractivity (Wildman–Crippen MR) is 127 cm³/mol. The van der Waals surface area contributed by atoms with Crippen LogP contribution in [0.5, 0.6) is 0 Å². The highest BCUT2D eigenvalue weighted by molar-refractivity contribution is 5.97. The third-order valence-electron chi connectivity index (χ3n) is 5.41. The van der Waals surface area contributed by atoms with E-state index in [0.717, 1.165) is 17.7 Å². The Morgan fingerprint density at radius 1 is 0.943 bits per heavy atom. The molecule has 0 spiro atoms. The van der Waals surface area contributed by atoms with Crippen molar-refractivity contribution in [3.05, 3.63) is 70.9 Å². The zero-order chi connectivity index (χ0) is 25.8. The molecule has 0 saturated heterocycles. The molecule has 0 saturated carbocycles. The number of anilines is 2. The van der Waals surface area contributed by atoms with Gasteiger partial charge in [-0.15, -0.1) is 0 Å². The molecular formula is C26H27F2N3O4. The van der Waals surface area contributed by atoms with Gasteiger partial charge >= 0.3 is 11.9 Å². The van der Waals surface area contributed by atoms with E-state index in [4.69, 9.17) is 9.47 Å². The van der Waals surface area contributed by atoms with Gasteiger partial charge in [0, 0.05) is 5.69 Å². The summed E-state index contributed by atoms with van der Waals surface area (Å²) in [6, 6.07) is 10.3. The number of aromatic nitrogens is 2. The first-order chi connectivity index (χ1) is 16.6. The highest BCUT2D eigenvalue weighted by atomic mass is 19.1. The van der Waals surface area contributed by atoms with E-state index in [9.17, 15) is 18.4 Å². The van der Waals surface area contributed by atoms with Crippen LogP contribution in [0.25, 0.3) is 11.4 Å². The second-order valence-electron chi connectivity index (χ2n) is 8.22. The highest BCUT2D eigenvalue weighted by Crippen LogP contribution is 2.30. The first-order valence-electron chi connectivity index (χ1n) is 11.1. The molecule has 1 aromatic heterocycles. The maximum Gasteiger partial charge on any atom is 0.343 e. The lowest BCUT2D eigenvalue weighted by atomic mass is 9.84. The largest absolute Gasteiger partial charge is 0.465 e. The lowest BCUT2D eigenvalue weighted by Gasteiger charge is -2.23. The number of aryl methyl sites for hydroxylation is 1. The van der Waals surface area contributed by atoms with Gasteiger partial charge in [0.15, 0.2) is 5.82 Å². The van der Waals surface area contributed by atoms with Crippen LogP contribution < -0.4 is 5.32 Å². The van der Waals surface area contributed by atoms with Crippen LogP contribution in [0.2, 0.25) is 0 Å². The van der Waals surface area contributed by atoms with Gasteiger partial charge in [0.05, 0.1) is 29.9 Å². The molecule has 1 heterocycles. The topological polar surface area (TPSA) is 90.4 Å². The van der Waals surface area contributed by atoms with Gasteiger partial charge in [-0.1, -0.05) is 18.2 Å². The fourth-order valence-corrected chi connectivity index (χ4v) is 3.47. The Balaban J connectivity index is 2.05. The van der Waals surface area contributed by atoms with Crippen LogP contribution in [0.4, 0.5) is 20.3 Å². The molecular weight excluding hydrogens is 456 g/mol. The summed E-state index contributed by atoms with van der Waals surface area (Å²) in [7, 11) is 0. The molecule has 0 fully saturated rings. The molecule has 3 aromatic rings. The van der Waals surface area contributed by atoms with Crippen LogP contribution in [-0.4, -0.2) is 35.1 Å². The number of ether oxygens (including phenoxy) is 2. The number of benzene rings is 2. The summed E-state index contributed by atoms with van der Waals surface area (Å²) in [6.07, 6.45) is 0. The van der Waals surface area contributed by atoms with E-state index < -0.39 is 28.6 Å². The van der Waals surface area contributed by atoms with E-state index in [2.05, 4.69) is 15.3 Å². The minimum Gasteiger partial charge on any atom is -0.465 e. The molecule has 0 amide bonds. The molecule has 0 atom stereocenters. The SMILES string of the molecule is CCOC(=O)c1c(C)nc(-c2c(F)cccc2F)nc1Nc1ccc(C(C)(C)C(=O)OCC)cc1. The Kier molecular flexibility index (Phi) is 7.78. The van der Waals surface area contributed by atoms with E-state index in [1.807, 2.05) is 0 Å². The standard InChI is InChI=1S/C26H27F2N3O4/c1-6-34-24(32)20-15(3)29-23(21-18(27)9-8-10-19(21)28)31-22(20)30-17-13-11-16(12-14-17)26(4,5)25(33)35-7-2/h8-14H,6-7H2,1-5H3,(H,29,30,31). The third kappa shape index (κ3) is 5.45. The molecule has 0 aliphatic heterocycles. The van der Waals surface area contributed by atoms with Gasteiger partial charge in [0.2, 0.25) is 0 Å². The number of esters is 2. The third-order valence-corrected chi connectivity index (χ3v) is 5.41. The Bertz CT molecular complexity index is 1220. The molecule has 0 radical (unpaired) electrons. The van der Waals surface area contributed by atoms with Gasteiger partial charge in [-0.3, -0.25) is 4.79 Å². The average molecular weight is 484 g/mol. The zero-order valence-electron chi connectivity index (χ0n) is 20.2. The van der Waals surface area contributed by atoms with Crippen molar-refractivity contribution in [3.63, 3.8) is 0 Å². The monoisotopic (exact) mass is 483 g/mol. The van der Waals surface area contributed by atoms with Crippen LogP contribution in [0, 0.1) is 18.6 Å². The van der Waals surface area contributed by atoms with Crippen molar-refractivity contribution in [2.75, 3.05) is 18.5 Å². The summed E-state index contributed by atoms with van der Waals surface area (Å²) < 4.78 is 39.1. The minimum absolute atomic E-state index is 0.0333. The number of carbonyl (C=O) groups excluding carboxylic acids is 2. The van der Waals surface area contributed by atoms with Gasteiger partial charge in [0.25, 0.3) is 0 Å². The van der Waals surface area contributed by atoms with Crippen molar-refractivity contribution < 1.29 is 27.8 Å². The summed E-state index contributed by atoms with van der Waals surface area (Å²) in [6.45, 7) is 8.86. The quantitative estimate of drug-likeness (QED) is 0.424. The van der Waals surface area contributed by atoms with Crippen LogP contribution in [-0.2, 0) is 19.7 Å². The molecule has 1 N–H and O–H groups in total. The molecule has 35 heavy (non-hydrogen) atoms. The molecule has 9 heteroatoms. The van der Waals surface area contributed by atoms with E-state index in [0.29, 0.717) is 5.69 Å². The molecule has 0 unspecified atom stereocenters. The maximum atomic E-state index is 14.4. The predicted octanol–water partition coefficient (Wildman–Crippen LogP) is 5.49. The second-order valence-corrected chi connectivity index (χ2v) is 8.22. The molecule has 0 aliphatic rings. The van der Waals surface area contributed by atoms with Gasteiger partial charge in [-0.2, -0.15) is 0 Å². The van der Waals surface area contributed by atoms with Crippen molar-refractivity contribution in [2.24, 2.45) is 0 Å². The molecule has 2 aromatic carbocycles. The number of rotatable bonds is 8. The van der Waals surface area contributed by atoms with Gasteiger partial charge in [0.1, 0.15) is 23.0 Å². The van der Waals surface area contributed by atoms with E-state index in [-0.39, 0.29) is 42.1 Å². The smallest absolute Gasteiger partial charge is 0.343 e. The summed E-state index contributed by atoms with van der Waals surface area (Å²) in [5.74, 6) is -2.87. The summed E-state index contributed by atoms with van der Waals surface area (Å²) >= 11 is 0. The average Bonchev–Trinajstić information content (AvgIpc) is 2.79. The van der Waals surface area contributed by atoms with Crippen molar-refractivity contribution >= 4 is 23.4 Å².